The molecule has 0 aliphatic carbocycles. The molecule has 2 aromatic heterocycles. The summed E-state index contributed by atoms with van der Waals surface area (Å²) >= 11 is 0. The summed E-state index contributed by atoms with van der Waals surface area (Å²) in [6.07, 6.45) is 7.69. The Labute approximate surface area is 510 Å². The third-order valence-corrected chi connectivity index (χ3v) is 13.2. The molecule has 2 heterocycles. The summed E-state index contributed by atoms with van der Waals surface area (Å²) in [5, 5.41) is 33.3. The van der Waals surface area contributed by atoms with Gasteiger partial charge in [-0.15, -0.1) is 17.2 Å². The van der Waals surface area contributed by atoms with Crippen LogP contribution < -0.4 is 10.2 Å². The predicted molar refractivity (Wildman–Crippen MR) is 333 cm³/mol. The molecule has 6 aromatic rings. The molecule has 80 heavy (non-hydrogen) atoms. The number of nitrogens with zero attached hydrogens (tertiary/aromatic N) is 6. The summed E-state index contributed by atoms with van der Waals surface area (Å²) in [4.78, 5) is 18.2. The number of hydrogen-bond donors (Lipinski definition) is 0. The van der Waals surface area contributed by atoms with Crippen LogP contribution in [0.25, 0.3) is 10.6 Å². The van der Waals surface area contributed by atoms with Crippen molar-refractivity contribution in [1.82, 2.24) is 9.97 Å². The molecule has 0 bridgehead atoms. The van der Waals surface area contributed by atoms with Crippen molar-refractivity contribution in [2.75, 3.05) is 0 Å². The monoisotopic (exact) mass is 1180 g/mol. The fourth-order valence-electron chi connectivity index (χ4n) is 8.76. The molecule has 420 valence electrons. The first-order valence-electron chi connectivity index (χ1n) is 28.3. The Morgan fingerprint density at radius 3 is 1.11 bits per heavy atom. The van der Waals surface area contributed by atoms with E-state index in [4.69, 9.17) is 10.3 Å². The van der Waals surface area contributed by atoms with Crippen LogP contribution in [-0.4, -0.2) is 21.4 Å². The Balaban J connectivity index is 0.000000555. The van der Waals surface area contributed by atoms with Crippen molar-refractivity contribution in [3.05, 3.63) is 212 Å². The summed E-state index contributed by atoms with van der Waals surface area (Å²) < 4.78 is 0. The van der Waals surface area contributed by atoms with Crippen LogP contribution in [0.3, 0.4) is 0 Å². The number of benzene rings is 4. The quantitative estimate of drug-likeness (QED) is 0.0628. The van der Waals surface area contributed by atoms with Gasteiger partial charge >= 0.3 is 39.0 Å². The molecule has 0 spiro atoms. The average molecular weight is 1180 g/mol. The fourth-order valence-corrected chi connectivity index (χ4v) is 8.76. The second-order valence-electron chi connectivity index (χ2n) is 22.7. The average Bonchev–Trinajstić information content (AvgIpc) is 3.38. The van der Waals surface area contributed by atoms with Gasteiger partial charge < -0.3 is 20.8 Å². The first-order valence-corrected chi connectivity index (χ1v) is 28.3. The first kappa shape index (κ1) is 72.5. The Morgan fingerprint density at radius 2 is 0.762 bits per heavy atom. The van der Waals surface area contributed by atoms with Crippen molar-refractivity contribution in [3.8, 4) is 11.5 Å². The summed E-state index contributed by atoms with van der Waals surface area (Å²) in [7, 11) is 0. The van der Waals surface area contributed by atoms with Crippen molar-refractivity contribution in [2.45, 2.75) is 199 Å². The number of hydrogen-bond acceptors (Lipinski definition) is 6. The smallest absolute Gasteiger partial charge is 0.872 e. The molecule has 0 saturated heterocycles. The van der Waals surface area contributed by atoms with Gasteiger partial charge in [-0.2, -0.15) is 11.4 Å². The van der Waals surface area contributed by atoms with Crippen molar-refractivity contribution >= 4 is 22.8 Å². The fraction of sp³-hybridized carbons (Fsp3) is 0.429. The molecular weight excluding hydrogens is 1090 g/mol. The van der Waals surface area contributed by atoms with Gasteiger partial charge in [-0.25, -0.2) is 0 Å². The van der Waals surface area contributed by atoms with Crippen LogP contribution >= 0.6 is 0 Å². The largest absolute Gasteiger partial charge is 2.00 e. The maximum Gasteiger partial charge on any atom is 2.00 e. The van der Waals surface area contributed by atoms with Crippen LogP contribution in [0.2, 0.25) is 0 Å². The molecule has 0 unspecified atom stereocenters. The van der Waals surface area contributed by atoms with Crippen LogP contribution in [-0.2, 0) is 52.0 Å². The number of aromatic nitrogens is 2. The zero-order valence-corrected chi connectivity index (χ0v) is 58.6. The van der Waals surface area contributed by atoms with Gasteiger partial charge in [0, 0.05) is 29.5 Å². The van der Waals surface area contributed by atoms with Crippen LogP contribution in [0, 0.1) is 0 Å². The Morgan fingerprint density at radius 1 is 0.425 bits per heavy atom. The van der Waals surface area contributed by atoms with Crippen molar-refractivity contribution in [1.29, 1.82) is 0 Å². The number of allylic oxidation sites excluding steroid dienone is 4. The molecule has 0 radical (unpaired) electrons. The maximum absolute atomic E-state index is 11.9. The normalized spacial score (nSPS) is 11.9. The SMILES string of the molecule is CC(/C=C(/C)[N-]Cc1ccccn1)=Nc1c(C(C)C)cccc1C(C)C.CC(/C=C(/C)[N-]c1c(C(C)C)cccc1C(C)C)=NCc1ccccn1.CC(C)c1cccc(C(C)C)c1[O-].CC(C)c1cccc(C(C)C)c1[O-].[Zn+2].[Zn+2]. The molecule has 0 fully saturated rings. The molecule has 0 N–H and O–H groups in total. The number of aliphatic imine (C=N–C) groups is 2. The summed E-state index contributed by atoms with van der Waals surface area (Å²) in [5.41, 5.74) is 17.0. The van der Waals surface area contributed by atoms with Gasteiger partial charge in [0.15, 0.2) is 0 Å². The van der Waals surface area contributed by atoms with E-state index in [1.165, 1.54) is 22.3 Å². The molecule has 10 heteroatoms. The van der Waals surface area contributed by atoms with Crippen LogP contribution in [0.1, 0.15) is 242 Å². The van der Waals surface area contributed by atoms with Gasteiger partial charge in [0.1, 0.15) is 0 Å². The second-order valence-corrected chi connectivity index (χ2v) is 22.7. The minimum absolute atomic E-state index is 0. The van der Waals surface area contributed by atoms with Crippen LogP contribution in [0.4, 0.5) is 11.4 Å². The van der Waals surface area contributed by atoms with Gasteiger partial charge in [0.2, 0.25) is 0 Å². The number of pyridine rings is 2. The summed E-state index contributed by atoms with van der Waals surface area (Å²) in [5.74, 6) is 3.53. The molecule has 8 nitrogen and oxygen atoms in total. The van der Waals surface area contributed by atoms with Crippen LogP contribution in [0.15, 0.2) is 155 Å². The molecule has 0 aliphatic rings. The van der Waals surface area contributed by atoms with E-state index in [1.54, 1.807) is 12.4 Å². The van der Waals surface area contributed by atoms with Gasteiger partial charge in [0.05, 0.1) is 17.9 Å². The predicted octanol–water partition coefficient (Wildman–Crippen LogP) is 19.8. The molecule has 0 aliphatic heterocycles. The summed E-state index contributed by atoms with van der Waals surface area (Å²) in [6.45, 7) is 43.5. The molecular formula is C70H94N6O2Zn2. The third-order valence-electron chi connectivity index (χ3n) is 13.2. The standard InChI is InChI=1S/2C23H30N3.2C12H18O.2Zn/c2*1-16(2)21-11-9-12-22(17(3)4)23(21)26-19(6)14-18(5)25-15-20-10-7-8-13-24-20;2*1-8(2)10-6-5-7-11(9(3)4)12(10)13;;/h2*7-14,16-17H,15H2,1-6H3;2*5-9,13H,1-4H3;;/q2*-1;;;2*+2/p-2/b19-14-,25-18?;18-14-,26-19?;;;;. The topological polar surface area (TPSA) is 125 Å². The van der Waals surface area contributed by atoms with E-state index in [0.717, 1.165) is 67.8 Å². The summed E-state index contributed by atoms with van der Waals surface area (Å²) in [6, 6.07) is 36.5. The van der Waals surface area contributed by atoms with Gasteiger partial charge in [0.25, 0.3) is 0 Å². The Kier molecular flexibility index (Phi) is 33.3. The number of rotatable bonds is 18. The zero-order chi connectivity index (χ0) is 58.2. The number of para-hydroxylation sites is 4. The van der Waals surface area contributed by atoms with Gasteiger partial charge in [-0.05, 0) is 96.6 Å². The Hall–Kier alpha value is -5.55. The van der Waals surface area contributed by atoms with E-state index in [0.29, 0.717) is 60.4 Å². The molecule has 4 aromatic carbocycles. The van der Waals surface area contributed by atoms with Crippen molar-refractivity contribution in [2.24, 2.45) is 9.98 Å². The van der Waals surface area contributed by atoms with Gasteiger partial charge in [-0.1, -0.05) is 262 Å². The maximum atomic E-state index is 11.9. The molecule has 0 saturated carbocycles. The molecule has 0 atom stereocenters. The van der Waals surface area contributed by atoms with E-state index in [9.17, 15) is 10.2 Å². The second kappa shape index (κ2) is 36.7. The molecule has 0 amide bonds. The van der Waals surface area contributed by atoms with E-state index < -0.39 is 0 Å². The molecule has 6 rings (SSSR count). The van der Waals surface area contributed by atoms with Crippen molar-refractivity contribution in [3.63, 3.8) is 0 Å². The van der Waals surface area contributed by atoms with Gasteiger partial charge in [-0.3, -0.25) is 20.0 Å². The van der Waals surface area contributed by atoms with E-state index >= 15 is 0 Å². The van der Waals surface area contributed by atoms with E-state index in [2.05, 4.69) is 167 Å². The minimum atomic E-state index is 0. The minimum Gasteiger partial charge on any atom is -0.872 e. The van der Waals surface area contributed by atoms with E-state index in [-0.39, 0.29) is 50.5 Å². The first-order chi connectivity index (χ1) is 36.8. The Bertz CT molecular complexity index is 2720. The van der Waals surface area contributed by atoms with Crippen molar-refractivity contribution < 1.29 is 49.2 Å². The zero-order valence-electron chi connectivity index (χ0n) is 52.6. The van der Waals surface area contributed by atoms with E-state index in [1.807, 2.05) is 113 Å². The third kappa shape index (κ3) is 23.9. The van der Waals surface area contributed by atoms with Crippen LogP contribution in [0.5, 0.6) is 11.5 Å².